The fourth-order valence-electron chi connectivity index (χ4n) is 3.34. The first kappa shape index (κ1) is 21.7. The number of hydrogen-bond acceptors (Lipinski definition) is 4. The van der Waals surface area contributed by atoms with Crippen LogP contribution >= 0.6 is 12.2 Å². The first-order valence-corrected chi connectivity index (χ1v) is 10.2. The van der Waals surface area contributed by atoms with Crippen LogP contribution in [0, 0.1) is 5.82 Å². The van der Waals surface area contributed by atoms with Crippen molar-refractivity contribution in [3.63, 3.8) is 0 Å². The number of hydrogen-bond donors (Lipinski definition) is 1. The fourth-order valence-corrected chi connectivity index (χ4v) is 3.75. The van der Waals surface area contributed by atoms with Gasteiger partial charge >= 0.3 is 0 Å². The first-order chi connectivity index (χ1) is 14.4. The molecular formula is C22H24FN3O3S. The van der Waals surface area contributed by atoms with Gasteiger partial charge in [-0.25, -0.2) is 4.39 Å². The molecule has 2 aromatic carbocycles. The molecule has 0 saturated carbocycles. The average molecular weight is 430 g/mol. The average Bonchev–Trinajstić information content (AvgIpc) is 2.94. The molecule has 1 saturated heterocycles. The van der Waals surface area contributed by atoms with E-state index in [1.165, 1.54) is 17.0 Å². The Morgan fingerprint density at radius 2 is 1.80 bits per heavy atom. The van der Waals surface area contributed by atoms with Gasteiger partial charge in [-0.05, 0) is 68.0 Å². The molecule has 2 amide bonds. The number of benzene rings is 2. The van der Waals surface area contributed by atoms with Crippen LogP contribution in [0.2, 0.25) is 0 Å². The van der Waals surface area contributed by atoms with E-state index in [2.05, 4.69) is 5.32 Å². The predicted molar refractivity (Wildman–Crippen MR) is 117 cm³/mol. The number of halogens is 1. The smallest absolute Gasteiger partial charge is 0.252 e. The lowest BCUT2D eigenvalue weighted by molar-refractivity contribution is -0.130. The van der Waals surface area contributed by atoms with Crippen molar-refractivity contribution in [1.29, 1.82) is 0 Å². The Morgan fingerprint density at radius 3 is 2.40 bits per heavy atom. The number of anilines is 1. The summed E-state index contributed by atoms with van der Waals surface area (Å²) in [6, 6.07) is 12.4. The minimum absolute atomic E-state index is 0.0378. The standard InChI is InChI=1S/C22H24FN3O3S/c1-3-25-21(28)19(26(22(25)30)14-15-5-7-16(23)8-6-15)13-20(27)24-17-9-11-18(12-10-17)29-4-2/h5-12,19H,3-4,13-14H2,1-2H3,(H,24,27)/t19-/m0/s1. The molecule has 0 bridgehead atoms. The summed E-state index contributed by atoms with van der Waals surface area (Å²) >= 11 is 5.47. The second-order valence-corrected chi connectivity index (χ2v) is 7.21. The molecule has 1 heterocycles. The Balaban J connectivity index is 1.71. The summed E-state index contributed by atoms with van der Waals surface area (Å²) < 4.78 is 18.6. The van der Waals surface area contributed by atoms with E-state index in [0.717, 1.165) is 11.3 Å². The third-order valence-electron chi connectivity index (χ3n) is 4.81. The maximum atomic E-state index is 13.2. The van der Waals surface area contributed by atoms with Crippen molar-refractivity contribution in [2.75, 3.05) is 18.5 Å². The highest BCUT2D eigenvalue weighted by atomic mass is 32.1. The normalized spacial score (nSPS) is 16.2. The Bertz CT molecular complexity index is 918. The third-order valence-corrected chi connectivity index (χ3v) is 5.27. The summed E-state index contributed by atoms with van der Waals surface area (Å²) in [6.07, 6.45) is -0.0378. The maximum absolute atomic E-state index is 13.2. The largest absolute Gasteiger partial charge is 0.494 e. The predicted octanol–water partition coefficient (Wildman–Crippen LogP) is 3.57. The van der Waals surface area contributed by atoms with Gasteiger partial charge in [-0.2, -0.15) is 0 Å². The maximum Gasteiger partial charge on any atom is 0.252 e. The van der Waals surface area contributed by atoms with Crippen molar-refractivity contribution in [1.82, 2.24) is 9.80 Å². The van der Waals surface area contributed by atoms with E-state index >= 15 is 0 Å². The summed E-state index contributed by atoms with van der Waals surface area (Å²) in [5.74, 6) is -0.106. The monoisotopic (exact) mass is 429 g/mol. The Hall–Kier alpha value is -3.00. The zero-order valence-corrected chi connectivity index (χ0v) is 17.7. The molecule has 6 nitrogen and oxygen atoms in total. The number of nitrogens with one attached hydrogen (secondary N) is 1. The summed E-state index contributed by atoms with van der Waals surface area (Å²) in [4.78, 5) is 28.7. The van der Waals surface area contributed by atoms with Crippen LogP contribution in [0.15, 0.2) is 48.5 Å². The van der Waals surface area contributed by atoms with Gasteiger partial charge in [0.05, 0.1) is 13.0 Å². The molecule has 0 radical (unpaired) electrons. The summed E-state index contributed by atoms with van der Waals surface area (Å²) in [5, 5.41) is 3.19. The van der Waals surface area contributed by atoms with Crippen LogP contribution in [0.5, 0.6) is 5.75 Å². The quantitative estimate of drug-likeness (QED) is 0.650. The molecule has 2 aromatic rings. The van der Waals surface area contributed by atoms with Gasteiger partial charge in [-0.1, -0.05) is 12.1 Å². The molecule has 1 aliphatic rings. The van der Waals surface area contributed by atoms with Crippen LogP contribution in [0.3, 0.4) is 0 Å². The lowest BCUT2D eigenvalue weighted by atomic mass is 10.1. The van der Waals surface area contributed by atoms with Crippen LogP contribution in [-0.4, -0.2) is 45.9 Å². The zero-order valence-electron chi connectivity index (χ0n) is 16.9. The van der Waals surface area contributed by atoms with E-state index < -0.39 is 6.04 Å². The highest BCUT2D eigenvalue weighted by molar-refractivity contribution is 7.80. The zero-order chi connectivity index (χ0) is 21.7. The molecule has 1 fully saturated rings. The number of carbonyl (C=O) groups is 2. The number of thiocarbonyl (C=S) groups is 1. The van der Waals surface area contributed by atoms with Crippen LogP contribution in [-0.2, 0) is 16.1 Å². The van der Waals surface area contributed by atoms with Gasteiger partial charge in [0.25, 0.3) is 5.91 Å². The van der Waals surface area contributed by atoms with Gasteiger partial charge in [0.15, 0.2) is 5.11 Å². The lowest BCUT2D eigenvalue weighted by Gasteiger charge is -2.24. The number of ether oxygens (including phenoxy) is 1. The Morgan fingerprint density at radius 1 is 1.13 bits per heavy atom. The van der Waals surface area contributed by atoms with Crippen molar-refractivity contribution < 1.29 is 18.7 Å². The molecule has 8 heteroatoms. The topological polar surface area (TPSA) is 61.9 Å². The number of rotatable bonds is 8. The molecular weight excluding hydrogens is 405 g/mol. The molecule has 0 unspecified atom stereocenters. The van der Waals surface area contributed by atoms with Gasteiger partial charge in [0, 0.05) is 18.8 Å². The van der Waals surface area contributed by atoms with Crippen molar-refractivity contribution in [2.24, 2.45) is 0 Å². The number of nitrogens with zero attached hydrogens (tertiary/aromatic N) is 2. The summed E-state index contributed by atoms with van der Waals surface area (Å²) in [6.45, 7) is 5.04. The molecule has 1 N–H and O–H groups in total. The van der Waals surface area contributed by atoms with Crippen LogP contribution in [0.25, 0.3) is 0 Å². The van der Waals surface area contributed by atoms with Crippen molar-refractivity contribution in [3.05, 3.63) is 59.9 Å². The molecule has 1 aliphatic heterocycles. The number of carbonyl (C=O) groups excluding carboxylic acids is 2. The minimum Gasteiger partial charge on any atom is -0.494 e. The van der Waals surface area contributed by atoms with Gasteiger partial charge in [0.2, 0.25) is 5.91 Å². The second kappa shape index (κ2) is 9.67. The molecule has 158 valence electrons. The molecule has 0 aliphatic carbocycles. The summed E-state index contributed by atoms with van der Waals surface area (Å²) in [5.41, 5.74) is 1.43. The highest BCUT2D eigenvalue weighted by Gasteiger charge is 2.42. The van der Waals surface area contributed by atoms with E-state index in [1.807, 2.05) is 13.8 Å². The van der Waals surface area contributed by atoms with Crippen LogP contribution in [0.1, 0.15) is 25.8 Å². The fraction of sp³-hybridized carbons (Fsp3) is 0.318. The first-order valence-electron chi connectivity index (χ1n) is 9.82. The van der Waals surface area contributed by atoms with E-state index in [4.69, 9.17) is 17.0 Å². The lowest BCUT2D eigenvalue weighted by Crippen LogP contribution is -2.37. The van der Waals surface area contributed by atoms with E-state index in [0.29, 0.717) is 30.5 Å². The van der Waals surface area contributed by atoms with Crippen LogP contribution < -0.4 is 10.1 Å². The van der Waals surface area contributed by atoms with E-state index in [-0.39, 0.29) is 24.1 Å². The van der Waals surface area contributed by atoms with Gasteiger partial charge in [-0.15, -0.1) is 0 Å². The highest BCUT2D eigenvalue weighted by Crippen LogP contribution is 2.24. The molecule has 3 rings (SSSR count). The second-order valence-electron chi connectivity index (χ2n) is 6.84. The molecule has 0 spiro atoms. The van der Waals surface area contributed by atoms with Gasteiger partial charge < -0.3 is 15.0 Å². The Labute approximate surface area is 180 Å². The molecule has 1 atom stereocenters. The van der Waals surface area contributed by atoms with E-state index in [9.17, 15) is 14.0 Å². The number of likely N-dealkylation sites (N-methyl/N-ethyl adjacent to an activating group) is 1. The van der Waals surface area contributed by atoms with Gasteiger partial charge in [-0.3, -0.25) is 14.5 Å². The van der Waals surface area contributed by atoms with Crippen LogP contribution in [0.4, 0.5) is 10.1 Å². The SMILES string of the molecule is CCOc1ccc(NC(=O)C[C@H]2C(=O)N(CC)C(=S)N2Cc2ccc(F)cc2)cc1. The molecule has 0 aromatic heterocycles. The Kier molecular flexibility index (Phi) is 6.99. The molecule has 30 heavy (non-hydrogen) atoms. The van der Waals surface area contributed by atoms with Crippen molar-refractivity contribution in [3.8, 4) is 5.75 Å². The summed E-state index contributed by atoms with van der Waals surface area (Å²) in [7, 11) is 0. The number of amides is 2. The minimum atomic E-state index is -0.704. The van der Waals surface area contributed by atoms with Crippen molar-refractivity contribution in [2.45, 2.75) is 32.9 Å². The third kappa shape index (κ3) is 4.94. The van der Waals surface area contributed by atoms with E-state index in [1.54, 1.807) is 41.3 Å². The van der Waals surface area contributed by atoms with Gasteiger partial charge in [0.1, 0.15) is 17.6 Å². The van der Waals surface area contributed by atoms with Crippen molar-refractivity contribution >= 4 is 34.8 Å².